The van der Waals surface area contributed by atoms with Gasteiger partial charge in [0.2, 0.25) is 0 Å². The largest absolute Gasteiger partial charge is 0.482 e. The van der Waals surface area contributed by atoms with E-state index in [-0.39, 0.29) is 12.6 Å². The molecule has 0 bridgehead atoms. The Labute approximate surface area is 119 Å². The fourth-order valence-electron chi connectivity index (χ4n) is 1.71. The molecule has 1 unspecified atom stereocenters. The first kappa shape index (κ1) is 16.4. The predicted octanol–water partition coefficient (Wildman–Crippen LogP) is 2.44. The summed E-state index contributed by atoms with van der Waals surface area (Å²) in [4.78, 5) is 11.4. The molecule has 0 saturated carbocycles. The van der Waals surface area contributed by atoms with Gasteiger partial charge in [0, 0.05) is 12.1 Å². The molecule has 1 aromatic carbocycles. The van der Waals surface area contributed by atoms with Crippen molar-refractivity contribution in [3.05, 3.63) is 29.6 Å². The number of benzene rings is 1. The van der Waals surface area contributed by atoms with Gasteiger partial charge in [-0.2, -0.15) is 0 Å². The van der Waals surface area contributed by atoms with E-state index in [2.05, 4.69) is 0 Å². The average Bonchev–Trinajstić information content (AvgIpc) is 2.35. The molecule has 0 heterocycles. The maximum absolute atomic E-state index is 13.4. The highest BCUT2D eigenvalue weighted by Crippen LogP contribution is 2.17. The highest BCUT2D eigenvalue weighted by atomic mass is 19.1. The molecular formula is C15H22FNO3. The summed E-state index contributed by atoms with van der Waals surface area (Å²) in [6.07, 6.45) is 2.33. The number of nitrogens with two attached hydrogens (primary N) is 1. The Kier molecular flexibility index (Phi) is 7.01. The molecule has 1 rings (SSSR count). The standard InChI is InChI=1S/C15H22FNO3/c1-3-4-5-19-15(18)10-20-14-8-12(6-11(2)17)7-13(16)9-14/h7-9,11H,3-6,10,17H2,1-2H3. The molecule has 0 amide bonds. The molecule has 0 fully saturated rings. The zero-order valence-corrected chi connectivity index (χ0v) is 12.0. The lowest BCUT2D eigenvalue weighted by atomic mass is 10.1. The normalized spacial score (nSPS) is 12.0. The summed E-state index contributed by atoms with van der Waals surface area (Å²) in [5, 5.41) is 0. The topological polar surface area (TPSA) is 61.5 Å². The van der Waals surface area contributed by atoms with Crippen LogP contribution in [0.15, 0.2) is 18.2 Å². The van der Waals surface area contributed by atoms with Crippen molar-refractivity contribution in [2.45, 2.75) is 39.2 Å². The van der Waals surface area contributed by atoms with E-state index < -0.39 is 11.8 Å². The van der Waals surface area contributed by atoms with Gasteiger partial charge in [-0.05, 0) is 37.5 Å². The van der Waals surface area contributed by atoms with E-state index >= 15 is 0 Å². The molecule has 0 aliphatic carbocycles. The summed E-state index contributed by atoms with van der Waals surface area (Å²) in [7, 11) is 0. The maximum Gasteiger partial charge on any atom is 0.344 e. The van der Waals surface area contributed by atoms with Gasteiger partial charge in [0.05, 0.1) is 6.61 Å². The van der Waals surface area contributed by atoms with Gasteiger partial charge in [-0.25, -0.2) is 9.18 Å². The Balaban J connectivity index is 2.50. The molecule has 0 radical (unpaired) electrons. The van der Waals surface area contributed by atoms with Gasteiger partial charge in [0.25, 0.3) is 0 Å². The molecule has 1 atom stereocenters. The number of esters is 1. The Morgan fingerprint density at radius 1 is 1.40 bits per heavy atom. The van der Waals surface area contributed by atoms with Crippen molar-refractivity contribution in [2.24, 2.45) is 5.73 Å². The molecular weight excluding hydrogens is 261 g/mol. The van der Waals surface area contributed by atoms with Gasteiger partial charge in [-0.3, -0.25) is 0 Å². The lowest BCUT2D eigenvalue weighted by Crippen LogP contribution is -2.18. The molecule has 1 aromatic rings. The monoisotopic (exact) mass is 283 g/mol. The number of hydrogen-bond acceptors (Lipinski definition) is 4. The van der Waals surface area contributed by atoms with Gasteiger partial charge in [0.15, 0.2) is 6.61 Å². The minimum atomic E-state index is -0.448. The van der Waals surface area contributed by atoms with Crippen molar-refractivity contribution in [1.82, 2.24) is 0 Å². The van der Waals surface area contributed by atoms with Crippen LogP contribution in [0.25, 0.3) is 0 Å². The number of carbonyl (C=O) groups excluding carboxylic acids is 1. The van der Waals surface area contributed by atoms with E-state index in [0.717, 1.165) is 18.4 Å². The number of unbranched alkanes of at least 4 members (excludes halogenated alkanes) is 1. The van der Waals surface area contributed by atoms with Gasteiger partial charge < -0.3 is 15.2 Å². The molecule has 0 aliphatic heterocycles. The quantitative estimate of drug-likeness (QED) is 0.588. The second-order valence-electron chi connectivity index (χ2n) is 4.84. The van der Waals surface area contributed by atoms with Crippen molar-refractivity contribution in [2.75, 3.05) is 13.2 Å². The third kappa shape index (κ3) is 6.52. The molecule has 20 heavy (non-hydrogen) atoms. The average molecular weight is 283 g/mol. The van der Waals surface area contributed by atoms with Crippen molar-refractivity contribution in [3.63, 3.8) is 0 Å². The lowest BCUT2D eigenvalue weighted by molar-refractivity contribution is -0.146. The number of carbonyl (C=O) groups is 1. The first-order valence-electron chi connectivity index (χ1n) is 6.84. The van der Waals surface area contributed by atoms with Crippen LogP contribution in [0.2, 0.25) is 0 Å². The fraction of sp³-hybridized carbons (Fsp3) is 0.533. The van der Waals surface area contributed by atoms with E-state index in [4.69, 9.17) is 15.2 Å². The van der Waals surface area contributed by atoms with Crippen LogP contribution in [0.1, 0.15) is 32.3 Å². The van der Waals surface area contributed by atoms with Gasteiger partial charge in [-0.1, -0.05) is 13.3 Å². The Morgan fingerprint density at radius 3 is 2.80 bits per heavy atom. The molecule has 112 valence electrons. The molecule has 0 aromatic heterocycles. The Morgan fingerprint density at radius 2 is 2.15 bits per heavy atom. The molecule has 0 aliphatic rings. The first-order valence-corrected chi connectivity index (χ1v) is 6.84. The van der Waals surface area contributed by atoms with Crippen molar-refractivity contribution in [3.8, 4) is 5.75 Å². The second-order valence-corrected chi connectivity index (χ2v) is 4.84. The summed E-state index contributed by atoms with van der Waals surface area (Å²) in [5.41, 5.74) is 6.42. The van der Waals surface area contributed by atoms with Gasteiger partial charge in [-0.15, -0.1) is 0 Å². The van der Waals surface area contributed by atoms with E-state index in [1.807, 2.05) is 13.8 Å². The predicted molar refractivity (Wildman–Crippen MR) is 75.1 cm³/mol. The van der Waals surface area contributed by atoms with Crippen molar-refractivity contribution >= 4 is 5.97 Å². The Hall–Kier alpha value is -1.62. The molecule has 4 nitrogen and oxygen atoms in total. The van der Waals surface area contributed by atoms with Crippen molar-refractivity contribution in [1.29, 1.82) is 0 Å². The number of rotatable bonds is 8. The van der Waals surface area contributed by atoms with Crippen molar-refractivity contribution < 1.29 is 18.7 Å². The summed E-state index contributed by atoms with van der Waals surface area (Å²) in [5.74, 6) is -0.540. The minimum Gasteiger partial charge on any atom is -0.482 e. The smallest absolute Gasteiger partial charge is 0.344 e. The van der Waals surface area contributed by atoms with Crippen LogP contribution in [0, 0.1) is 5.82 Å². The molecule has 5 heteroatoms. The summed E-state index contributed by atoms with van der Waals surface area (Å²) in [6, 6.07) is 4.27. The molecule has 0 spiro atoms. The SMILES string of the molecule is CCCCOC(=O)COc1cc(F)cc(CC(C)N)c1. The first-order chi connectivity index (χ1) is 9.51. The summed E-state index contributed by atoms with van der Waals surface area (Å²) < 4.78 is 23.6. The van der Waals surface area contributed by atoms with Crippen LogP contribution in [-0.2, 0) is 16.0 Å². The van der Waals surface area contributed by atoms with E-state index in [9.17, 15) is 9.18 Å². The van der Waals surface area contributed by atoms with E-state index in [0.29, 0.717) is 18.8 Å². The summed E-state index contributed by atoms with van der Waals surface area (Å²) in [6.45, 7) is 4.02. The third-order valence-electron chi connectivity index (χ3n) is 2.61. The number of ether oxygens (including phenoxy) is 2. The number of hydrogen-bond donors (Lipinski definition) is 1. The molecule has 0 saturated heterocycles. The van der Waals surface area contributed by atoms with E-state index in [1.165, 1.54) is 12.1 Å². The van der Waals surface area contributed by atoms with Gasteiger partial charge in [0.1, 0.15) is 11.6 Å². The van der Waals surface area contributed by atoms with Crippen LogP contribution in [0.3, 0.4) is 0 Å². The maximum atomic E-state index is 13.4. The van der Waals surface area contributed by atoms with Gasteiger partial charge >= 0.3 is 5.97 Å². The zero-order valence-electron chi connectivity index (χ0n) is 12.0. The third-order valence-corrected chi connectivity index (χ3v) is 2.61. The lowest BCUT2D eigenvalue weighted by Gasteiger charge is -2.10. The minimum absolute atomic E-state index is 0.0661. The van der Waals surface area contributed by atoms with Crippen LogP contribution in [0.4, 0.5) is 4.39 Å². The highest BCUT2D eigenvalue weighted by Gasteiger charge is 2.07. The Bertz CT molecular complexity index is 435. The summed E-state index contributed by atoms with van der Waals surface area (Å²) >= 11 is 0. The van der Waals surface area contributed by atoms with Crippen LogP contribution in [-0.4, -0.2) is 25.2 Å². The zero-order chi connectivity index (χ0) is 15.0. The fourth-order valence-corrected chi connectivity index (χ4v) is 1.71. The second kappa shape index (κ2) is 8.53. The number of halogens is 1. The molecule has 2 N–H and O–H groups in total. The van der Waals surface area contributed by atoms with Crippen LogP contribution >= 0.6 is 0 Å². The highest BCUT2D eigenvalue weighted by molar-refractivity contribution is 5.71. The van der Waals surface area contributed by atoms with Crippen LogP contribution in [0.5, 0.6) is 5.75 Å². The van der Waals surface area contributed by atoms with E-state index in [1.54, 1.807) is 6.07 Å². The van der Waals surface area contributed by atoms with Crippen LogP contribution < -0.4 is 10.5 Å².